The number of imidazole rings is 1. The molecule has 4 heteroatoms. The van der Waals surface area contributed by atoms with E-state index in [0.717, 1.165) is 17.6 Å². The van der Waals surface area contributed by atoms with Gasteiger partial charge >= 0.3 is 0 Å². The van der Waals surface area contributed by atoms with Crippen molar-refractivity contribution in [3.8, 4) is 6.07 Å². The first-order valence-electron chi connectivity index (χ1n) is 5.57. The van der Waals surface area contributed by atoms with Gasteiger partial charge in [-0.3, -0.25) is 4.90 Å². The van der Waals surface area contributed by atoms with Gasteiger partial charge in [-0.1, -0.05) is 6.07 Å². The van der Waals surface area contributed by atoms with E-state index in [1.54, 1.807) is 6.33 Å². The molecule has 1 aromatic carbocycles. The number of rotatable bonds is 3. The lowest BCUT2D eigenvalue weighted by molar-refractivity contribution is 0.203. The van der Waals surface area contributed by atoms with Crippen LogP contribution in [0.15, 0.2) is 24.5 Å². The van der Waals surface area contributed by atoms with E-state index in [-0.39, 0.29) is 0 Å². The molecule has 4 nitrogen and oxygen atoms in total. The second-order valence-electron chi connectivity index (χ2n) is 4.78. The lowest BCUT2D eigenvalue weighted by atomic mass is 10.0. The fourth-order valence-corrected chi connectivity index (χ4v) is 1.64. The molecule has 0 saturated heterocycles. The minimum Gasteiger partial charge on any atom is -0.345 e. The van der Waals surface area contributed by atoms with Gasteiger partial charge in [-0.15, -0.1) is 0 Å². The Bertz CT molecular complexity index is 562. The Morgan fingerprint density at radius 1 is 1.47 bits per heavy atom. The van der Waals surface area contributed by atoms with Crippen molar-refractivity contribution in [2.45, 2.75) is 25.9 Å². The zero-order valence-electron chi connectivity index (χ0n) is 10.4. The molecule has 0 radical (unpaired) electrons. The number of H-pyrrole nitrogens is 1. The van der Waals surface area contributed by atoms with E-state index in [1.807, 2.05) is 37.9 Å². The van der Waals surface area contributed by atoms with Gasteiger partial charge in [-0.05, 0) is 38.6 Å². The highest BCUT2D eigenvalue weighted by Crippen LogP contribution is 2.17. The van der Waals surface area contributed by atoms with Crippen LogP contribution in [0.2, 0.25) is 0 Å². The standard InChI is InChI=1S/C13H16N4/c1-13(2,8-14)17(3)7-10-4-5-11-12(6-10)16-9-15-11/h4-6,9H,7H2,1-3H3,(H,15,16). The van der Waals surface area contributed by atoms with Crippen LogP contribution < -0.4 is 0 Å². The molecular weight excluding hydrogens is 212 g/mol. The predicted molar refractivity (Wildman–Crippen MR) is 67.3 cm³/mol. The fourth-order valence-electron chi connectivity index (χ4n) is 1.64. The monoisotopic (exact) mass is 228 g/mol. The van der Waals surface area contributed by atoms with Crippen LogP contribution in [-0.4, -0.2) is 27.5 Å². The van der Waals surface area contributed by atoms with Gasteiger partial charge < -0.3 is 4.98 Å². The zero-order chi connectivity index (χ0) is 12.5. The topological polar surface area (TPSA) is 55.7 Å². The molecule has 17 heavy (non-hydrogen) atoms. The van der Waals surface area contributed by atoms with Crippen molar-refractivity contribution < 1.29 is 0 Å². The van der Waals surface area contributed by atoms with Crippen LogP contribution in [0.5, 0.6) is 0 Å². The Morgan fingerprint density at radius 2 is 2.24 bits per heavy atom. The smallest absolute Gasteiger partial charge is 0.103 e. The maximum atomic E-state index is 9.07. The highest BCUT2D eigenvalue weighted by molar-refractivity contribution is 5.74. The summed E-state index contributed by atoms with van der Waals surface area (Å²) in [6.07, 6.45) is 1.69. The van der Waals surface area contributed by atoms with Crippen molar-refractivity contribution in [3.05, 3.63) is 30.1 Å². The molecule has 0 spiro atoms. The third-order valence-corrected chi connectivity index (χ3v) is 3.13. The number of nitrogens with zero attached hydrogens (tertiary/aromatic N) is 3. The molecule has 88 valence electrons. The Hall–Kier alpha value is -1.86. The summed E-state index contributed by atoms with van der Waals surface area (Å²) in [5.74, 6) is 0. The average Bonchev–Trinajstić information content (AvgIpc) is 2.76. The van der Waals surface area contributed by atoms with E-state index in [0.29, 0.717) is 0 Å². The van der Waals surface area contributed by atoms with Crippen LogP contribution in [0.1, 0.15) is 19.4 Å². The van der Waals surface area contributed by atoms with Crippen molar-refractivity contribution in [2.24, 2.45) is 0 Å². The van der Waals surface area contributed by atoms with Crippen LogP contribution in [-0.2, 0) is 6.54 Å². The first-order chi connectivity index (χ1) is 8.03. The Morgan fingerprint density at radius 3 is 2.94 bits per heavy atom. The summed E-state index contributed by atoms with van der Waals surface area (Å²) in [5.41, 5.74) is 2.72. The van der Waals surface area contributed by atoms with Crippen molar-refractivity contribution >= 4 is 11.0 Å². The normalized spacial score (nSPS) is 11.9. The SMILES string of the molecule is CN(Cc1ccc2nc[nH]c2c1)C(C)(C)C#N. The van der Waals surface area contributed by atoms with Crippen molar-refractivity contribution in [1.29, 1.82) is 5.26 Å². The van der Waals surface area contributed by atoms with E-state index < -0.39 is 5.54 Å². The summed E-state index contributed by atoms with van der Waals surface area (Å²) in [5, 5.41) is 9.07. The minimum absolute atomic E-state index is 0.455. The summed E-state index contributed by atoms with van der Waals surface area (Å²) in [6.45, 7) is 4.58. The second kappa shape index (κ2) is 4.19. The fraction of sp³-hybridized carbons (Fsp3) is 0.385. The number of nitriles is 1. The maximum Gasteiger partial charge on any atom is 0.103 e. The molecule has 0 saturated carbocycles. The first kappa shape index (κ1) is 11.6. The van der Waals surface area contributed by atoms with E-state index in [2.05, 4.69) is 22.1 Å². The minimum atomic E-state index is -0.455. The second-order valence-corrected chi connectivity index (χ2v) is 4.78. The molecule has 0 fully saturated rings. The van der Waals surface area contributed by atoms with Crippen LogP contribution in [0, 0.1) is 11.3 Å². The number of hydrogen-bond donors (Lipinski definition) is 1. The average molecular weight is 228 g/mol. The largest absolute Gasteiger partial charge is 0.345 e. The molecule has 1 heterocycles. The van der Waals surface area contributed by atoms with E-state index in [4.69, 9.17) is 5.26 Å². The van der Waals surface area contributed by atoms with Gasteiger partial charge in [-0.2, -0.15) is 5.26 Å². The number of nitrogens with one attached hydrogen (secondary N) is 1. The third kappa shape index (κ3) is 2.29. The lowest BCUT2D eigenvalue weighted by Crippen LogP contribution is -2.38. The lowest BCUT2D eigenvalue weighted by Gasteiger charge is -2.28. The first-order valence-corrected chi connectivity index (χ1v) is 5.57. The predicted octanol–water partition coefficient (Wildman–Crippen LogP) is 2.30. The molecule has 0 bridgehead atoms. The van der Waals surface area contributed by atoms with Gasteiger partial charge in [0.1, 0.15) is 5.54 Å². The molecular formula is C13H16N4. The molecule has 0 atom stereocenters. The van der Waals surface area contributed by atoms with Crippen molar-refractivity contribution in [1.82, 2.24) is 14.9 Å². The number of hydrogen-bond acceptors (Lipinski definition) is 3. The van der Waals surface area contributed by atoms with E-state index in [1.165, 1.54) is 5.56 Å². The summed E-state index contributed by atoms with van der Waals surface area (Å²) >= 11 is 0. The quantitative estimate of drug-likeness (QED) is 0.877. The van der Waals surface area contributed by atoms with Crippen LogP contribution in [0.3, 0.4) is 0 Å². The summed E-state index contributed by atoms with van der Waals surface area (Å²) in [6, 6.07) is 8.42. The summed E-state index contributed by atoms with van der Waals surface area (Å²) < 4.78 is 0. The zero-order valence-corrected chi connectivity index (χ0v) is 10.4. The molecule has 2 rings (SSSR count). The molecule has 0 aliphatic carbocycles. The van der Waals surface area contributed by atoms with Crippen molar-refractivity contribution in [3.63, 3.8) is 0 Å². The number of aromatic nitrogens is 2. The molecule has 0 aliphatic rings. The van der Waals surface area contributed by atoms with Crippen LogP contribution >= 0.6 is 0 Å². The molecule has 0 amide bonds. The number of fused-ring (bicyclic) bond motifs is 1. The Balaban J connectivity index is 2.21. The van der Waals surface area contributed by atoms with Gasteiger partial charge in [0.05, 0.1) is 23.4 Å². The highest BCUT2D eigenvalue weighted by Gasteiger charge is 2.22. The molecule has 1 aromatic heterocycles. The van der Waals surface area contributed by atoms with E-state index in [9.17, 15) is 0 Å². The van der Waals surface area contributed by atoms with Gasteiger partial charge in [0, 0.05) is 6.54 Å². The number of benzene rings is 1. The third-order valence-electron chi connectivity index (χ3n) is 3.13. The molecule has 1 N–H and O–H groups in total. The van der Waals surface area contributed by atoms with Gasteiger partial charge in [0.15, 0.2) is 0 Å². The Kier molecular flexibility index (Phi) is 2.86. The van der Waals surface area contributed by atoms with Crippen LogP contribution in [0.25, 0.3) is 11.0 Å². The van der Waals surface area contributed by atoms with Gasteiger partial charge in [-0.25, -0.2) is 4.98 Å². The number of aromatic amines is 1. The van der Waals surface area contributed by atoms with Crippen molar-refractivity contribution in [2.75, 3.05) is 7.05 Å². The molecule has 2 aromatic rings. The van der Waals surface area contributed by atoms with E-state index >= 15 is 0 Å². The highest BCUT2D eigenvalue weighted by atomic mass is 15.2. The summed E-state index contributed by atoms with van der Waals surface area (Å²) in [4.78, 5) is 9.31. The van der Waals surface area contributed by atoms with Gasteiger partial charge in [0.25, 0.3) is 0 Å². The van der Waals surface area contributed by atoms with Crippen LogP contribution in [0.4, 0.5) is 0 Å². The molecule has 0 unspecified atom stereocenters. The summed E-state index contributed by atoms with van der Waals surface area (Å²) in [7, 11) is 1.96. The maximum absolute atomic E-state index is 9.07. The molecule has 0 aliphatic heterocycles. The van der Waals surface area contributed by atoms with Gasteiger partial charge in [0.2, 0.25) is 0 Å². The Labute approximate surface area is 101 Å².